The summed E-state index contributed by atoms with van der Waals surface area (Å²) >= 11 is 17.1. The van der Waals surface area contributed by atoms with Gasteiger partial charge in [0.2, 0.25) is 27.4 Å². The Hall–Kier alpha value is -3.30. The Bertz CT molecular complexity index is 1420. The first-order valence-corrected chi connectivity index (χ1v) is 14.9. The van der Waals surface area contributed by atoms with Crippen LogP contribution in [0.2, 0.25) is 0 Å². The van der Waals surface area contributed by atoms with Crippen LogP contribution in [0, 0.1) is 0 Å². The number of alkyl carbamates (subject to hydrolysis) is 1. The Kier molecular flexibility index (Phi) is 8.44. The number of carbonyl (C=O) groups excluding carboxylic acids is 4. The van der Waals surface area contributed by atoms with E-state index in [2.05, 4.69) is 32.8 Å². The molecule has 1 aromatic rings. The summed E-state index contributed by atoms with van der Waals surface area (Å²) in [6.07, 6.45) is -1.03. The maximum atomic E-state index is 13.4. The molecule has 238 valence electrons. The van der Waals surface area contributed by atoms with Gasteiger partial charge in [-0.1, -0.05) is 67.4 Å². The van der Waals surface area contributed by atoms with E-state index in [1.807, 2.05) is 19.9 Å². The number of nitrogens with one attached hydrogen (secondary N) is 4. The van der Waals surface area contributed by atoms with Gasteiger partial charge in [0.15, 0.2) is 5.66 Å². The number of likely N-dealkylation sites (tertiary alicyclic amines) is 1. The topological polar surface area (TPSA) is 185 Å². The lowest BCUT2D eigenvalue weighted by atomic mass is 9.85. The van der Waals surface area contributed by atoms with E-state index in [1.54, 1.807) is 18.2 Å². The third-order valence-corrected chi connectivity index (χ3v) is 8.44. The standard InChI is InChI=1S/C27H32Cl3N7O7/c1-13(2)15-5-4-6-16(9-15)22(40)33-18-11-37-23(34-24(41)44-12-25(28,29)30)32-17(10-36-19(38)7-8-20(36)39)21-26(37,27(18,42)43)35-14(3)31-21/h4-6,9,13,17-18,21,31,35,42-43H,3,7-8,10-12H2,1-2H3,(H,33,40)(H,32,34,41)/t17-,18-,21-,26-/m0/s1. The van der Waals surface area contributed by atoms with Crippen LogP contribution in [0.1, 0.15) is 48.5 Å². The Labute approximate surface area is 267 Å². The lowest BCUT2D eigenvalue weighted by Gasteiger charge is -2.49. The molecular formula is C27H32Cl3N7O7. The molecule has 3 saturated heterocycles. The Morgan fingerprint density at radius 1 is 1.23 bits per heavy atom. The highest BCUT2D eigenvalue weighted by atomic mass is 35.6. The van der Waals surface area contributed by atoms with Gasteiger partial charge in [0.1, 0.15) is 12.6 Å². The number of carbonyl (C=O) groups is 4. The molecule has 17 heteroatoms. The van der Waals surface area contributed by atoms with E-state index in [9.17, 15) is 29.4 Å². The van der Waals surface area contributed by atoms with E-state index in [-0.39, 0.29) is 43.6 Å². The molecule has 3 fully saturated rings. The van der Waals surface area contributed by atoms with Gasteiger partial charge >= 0.3 is 6.09 Å². The summed E-state index contributed by atoms with van der Waals surface area (Å²) in [7, 11) is 0. The molecule has 0 aliphatic carbocycles. The van der Waals surface area contributed by atoms with Gasteiger partial charge in [-0.25, -0.2) is 9.79 Å². The summed E-state index contributed by atoms with van der Waals surface area (Å²) in [6.45, 7) is 6.72. The van der Waals surface area contributed by atoms with E-state index < -0.39 is 63.8 Å². The second kappa shape index (κ2) is 11.6. The van der Waals surface area contributed by atoms with Crippen molar-refractivity contribution in [3.8, 4) is 0 Å². The summed E-state index contributed by atoms with van der Waals surface area (Å²) < 4.78 is 3.09. The number of guanidine groups is 1. The van der Waals surface area contributed by atoms with Crippen molar-refractivity contribution in [3.05, 3.63) is 47.8 Å². The number of imide groups is 1. The fraction of sp³-hybridized carbons (Fsp3) is 0.519. The zero-order chi connectivity index (χ0) is 32.2. The SMILES string of the molecule is C=C1N[C@H]2[C@H](CN3C(=O)CCC3=O)N=C(NC(=O)OCC(Cl)(Cl)Cl)N3C[C@H](NC(=O)c4cccc(C(C)C)c4)C(O)(O)[C@]23N1. The van der Waals surface area contributed by atoms with Crippen molar-refractivity contribution in [1.82, 2.24) is 31.1 Å². The maximum absolute atomic E-state index is 13.4. The summed E-state index contributed by atoms with van der Waals surface area (Å²) in [5, 5.41) is 34.9. The summed E-state index contributed by atoms with van der Waals surface area (Å²) in [5.41, 5.74) is -0.685. The predicted molar refractivity (Wildman–Crippen MR) is 160 cm³/mol. The molecule has 0 bridgehead atoms. The number of benzene rings is 1. The average molecular weight is 673 g/mol. The lowest BCUT2D eigenvalue weighted by Crippen LogP contribution is -2.78. The molecule has 4 aliphatic heterocycles. The Morgan fingerprint density at radius 2 is 1.91 bits per heavy atom. The summed E-state index contributed by atoms with van der Waals surface area (Å²) in [5.74, 6) is -4.03. The second-order valence-corrected chi connectivity index (χ2v) is 13.9. The van der Waals surface area contributed by atoms with Crippen LogP contribution in [-0.4, -0.2) is 103 Å². The minimum Gasteiger partial charge on any atom is -0.445 e. The van der Waals surface area contributed by atoms with Crippen LogP contribution in [0.5, 0.6) is 0 Å². The fourth-order valence-corrected chi connectivity index (χ4v) is 6.16. The molecule has 4 aliphatic rings. The van der Waals surface area contributed by atoms with Gasteiger partial charge in [-0.15, -0.1) is 0 Å². The third-order valence-electron chi connectivity index (χ3n) is 8.11. The van der Waals surface area contributed by atoms with Crippen LogP contribution in [0.4, 0.5) is 4.79 Å². The normalized spacial score (nSPS) is 27.4. The van der Waals surface area contributed by atoms with Gasteiger partial charge in [0, 0.05) is 24.9 Å². The highest BCUT2D eigenvalue weighted by Crippen LogP contribution is 2.45. The van der Waals surface area contributed by atoms with Gasteiger partial charge in [-0.3, -0.25) is 24.6 Å². The summed E-state index contributed by atoms with van der Waals surface area (Å²) in [6, 6.07) is 3.55. The molecule has 14 nitrogen and oxygen atoms in total. The number of hydrogen-bond acceptors (Lipinski definition) is 11. The number of amides is 4. The van der Waals surface area contributed by atoms with Crippen LogP contribution >= 0.6 is 34.8 Å². The lowest BCUT2D eigenvalue weighted by molar-refractivity contribution is -0.231. The van der Waals surface area contributed by atoms with Crippen molar-refractivity contribution >= 4 is 64.6 Å². The number of halogens is 3. The smallest absolute Gasteiger partial charge is 0.414 e. The van der Waals surface area contributed by atoms with Crippen molar-refractivity contribution < 1.29 is 34.1 Å². The number of nitrogens with zero attached hydrogens (tertiary/aromatic N) is 3. The summed E-state index contributed by atoms with van der Waals surface area (Å²) in [4.78, 5) is 58.1. The van der Waals surface area contributed by atoms with E-state index in [0.29, 0.717) is 5.56 Å². The van der Waals surface area contributed by atoms with E-state index >= 15 is 0 Å². The van der Waals surface area contributed by atoms with Crippen LogP contribution < -0.4 is 21.3 Å². The number of aliphatic imine (C=N–C) groups is 1. The van der Waals surface area contributed by atoms with E-state index in [4.69, 9.17) is 39.5 Å². The Morgan fingerprint density at radius 3 is 2.55 bits per heavy atom. The molecule has 0 unspecified atom stereocenters. The van der Waals surface area contributed by atoms with Gasteiger partial charge in [0.25, 0.3) is 5.91 Å². The largest absolute Gasteiger partial charge is 0.445 e. The van der Waals surface area contributed by atoms with Crippen molar-refractivity contribution in [2.24, 2.45) is 4.99 Å². The zero-order valence-electron chi connectivity index (χ0n) is 23.8. The van der Waals surface area contributed by atoms with Crippen LogP contribution in [0.3, 0.4) is 0 Å². The van der Waals surface area contributed by atoms with Crippen molar-refractivity contribution in [3.63, 3.8) is 0 Å². The Balaban J connectivity index is 1.50. The third kappa shape index (κ3) is 5.76. The highest BCUT2D eigenvalue weighted by molar-refractivity contribution is 6.67. The first-order valence-electron chi connectivity index (χ1n) is 13.8. The van der Waals surface area contributed by atoms with Crippen molar-refractivity contribution in [2.75, 3.05) is 19.7 Å². The van der Waals surface area contributed by atoms with Crippen molar-refractivity contribution in [2.45, 2.75) is 66.0 Å². The van der Waals surface area contributed by atoms with Gasteiger partial charge < -0.3 is 35.8 Å². The quantitative estimate of drug-likeness (QED) is 0.142. The molecule has 1 spiro atoms. The molecule has 5 rings (SSSR count). The monoisotopic (exact) mass is 671 g/mol. The predicted octanol–water partition coefficient (Wildman–Crippen LogP) is 0.617. The van der Waals surface area contributed by atoms with Crippen LogP contribution in [0.15, 0.2) is 41.7 Å². The zero-order valence-corrected chi connectivity index (χ0v) is 26.0. The van der Waals surface area contributed by atoms with Crippen molar-refractivity contribution in [1.29, 1.82) is 0 Å². The highest BCUT2D eigenvalue weighted by Gasteiger charge is 2.74. The van der Waals surface area contributed by atoms with Gasteiger partial charge in [-0.2, -0.15) is 0 Å². The minimum atomic E-state index is -2.74. The first kappa shape index (κ1) is 32.1. The molecule has 0 aromatic heterocycles. The van der Waals surface area contributed by atoms with Crippen LogP contribution in [-0.2, 0) is 14.3 Å². The second-order valence-electron chi connectivity index (χ2n) is 11.4. The molecule has 6 N–H and O–H groups in total. The van der Waals surface area contributed by atoms with E-state index in [0.717, 1.165) is 10.5 Å². The van der Waals surface area contributed by atoms with Crippen LogP contribution in [0.25, 0.3) is 0 Å². The molecule has 0 saturated carbocycles. The molecular weight excluding hydrogens is 641 g/mol. The number of ether oxygens (including phenoxy) is 1. The molecule has 1 aromatic carbocycles. The van der Waals surface area contributed by atoms with E-state index in [1.165, 1.54) is 4.90 Å². The molecule has 4 amide bonds. The first-order chi connectivity index (χ1) is 20.5. The molecule has 0 radical (unpaired) electrons. The molecule has 4 heterocycles. The fourth-order valence-electron chi connectivity index (χ4n) is 6.00. The molecule has 44 heavy (non-hydrogen) atoms. The number of alkyl halides is 3. The molecule has 4 atom stereocenters. The maximum Gasteiger partial charge on any atom is 0.414 e. The average Bonchev–Trinajstić information content (AvgIpc) is 3.54. The number of rotatable bonds is 6. The van der Waals surface area contributed by atoms with Gasteiger partial charge in [0.05, 0.1) is 24.4 Å². The minimum absolute atomic E-state index is 0.0279. The number of aliphatic hydroxyl groups is 2. The number of hydrogen-bond donors (Lipinski definition) is 6. The van der Waals surface area contributed by atoms with Gasteiger partial charge in [-0.05, 0) is 23.6 Å².